The van der Waals surface area contributed by atoms with Gasteiger partial charge in [0.05, 0.1) is 5.57 Å². The second-order valence-corrected chi connectivity index (χ2v) is 3.32. The van der Waals surface area contributed by atoms with Gasteiger partial charge in [-0.05, 0) is 13.3 Å². The molecule has 0 unspecified atom stereocenters. The smallest absolute Gasteiger partial charge is 0.203 e. The topological polar surface area (TPSA) is 40.9 Å². The fraction of sp³-hybridized carbons (Fsp3) is 0.231. The van der Waals surface area contributed by atoms with Crippen LogP contribution in [0.1, 0.15) is 30.6 Å². The summed E-state index contributed by atoms with van der Waals surface area (Å²) in [4.78, 5) is 11.9. The maximum atomic E-state index is 11.9. The number of carbonyl (C=O) groups excluding carboxylic acids is 1. The van der Waals surface area contributed by atoms with E-state index in [2.05, 4.69) is 0 Å². The Morgan fingerprint density at radius 2 is 1.93 bits per heavy atom. The van der Waals surface area contributed by atoms with Gasteiger partial charge in [-0.2, -0.15) is 5.26 Å². The van der Waals surface area contributed by atoms with Gasteiger partial charge in [-0.3, -0.25) is 4.79 Å². The van der Waals surface area contributed by atoms with Gasteiger partial charge in [-0.1, -0.05) is 42.8 Å². The first-order valence-electron chi connectivity index (χ1n) is 4.90. The van der Waals surface area contributed by atoms with E-state index in [0.717, 1.165) is 12.0 Å². The van der Waals surface area contributed by atoms with Gasteiger partial charge in [0.25, 0.3) is 0 Å². The quantitative estimate of drug-likeness (QED) is 0.426. The van der Waals surface area contributed by atoms with Crippen LogP contribution in [0.3, 0.4) is 0 Å². The van der Waals surface area contributed by atoms with Crippen LogP contribution in [0.5, 0.6) is 0 Å². The molecule has 0 saturated heterocycles. The number of rotatable bonds is 3. The molecule has 15 heavy (non-hydrogen) atoms. The second kappa shape index (κ2) is 5.11. The minimum atomic E-state index is -0.183. The Hall–Kier alpha value is -1.88. The summed E-state index contributed by atoms with van der Waals surface area (Å²) >= 11 is 0. The van der Waals surface area contributed by atoms with E-state index in [-0.39, 0.29) is 11.4 Å². The maximum absolute atomic E-state index is 11.9. The molecule has 0 amide bonds. The summed E-state index contributed by atoms with van der Waals surface area (Å²) in [5, 5.41) is 8.93. The molecular formula is C13H13NO. The lowest BCUT2D eigenvalue weighted by atomic mass is 9.99. The largest absolute Gasteiger partial charge is 0.288 e. The van der Waals surface area contributed by atoms with E-state index in [1.165, 1.54) is 0 Å². The van der Waals surface area contributed by atoms with Crippen LogP contribution in [0.25, 0.3) is 0 Å². The highest BCUT2D eigenvalue weighted by atomic mass is 16.1. The number of nitriles is 1. The predicted octanol–water partition coefficient (Wildman–Crippen LogP) is 3.12. The monoisotopic (exact) mass is 199 g/mol. The highest BCUT2D eigenvalue weighted by molar-refractivity contribution is 6.11. The van der Waals surface area contributed by atoms with Crippen molar-refractivity contribution in [1.29, 1.82) is 5.26 Å². The number of ketones is 1. The third-order valence-corrected chi connectivity index (χ3v) is 2.33. The molecule has 0 spiro atoms. The van der Waals surface area contributed by atoms with E-state index in [9.17, 15) is 4.79 Å². The molecule has 0 saturated carbocycles. The van der Waals surface area contributed by atoms with E-state index in [1.54, 1.807) is 24.3 Å². The molecule has 1 aromatic rings. The normalized spacial score (nSPS) is 11.5. The van der Waals surface area contributed by atoms with E-state index in [0.29, 0.717) is 5.56 Å². The first kappa shape index (κ1) is 11.2. The number of benzene rings is 1. The summed E-state index contributed by atoms with van der Waals surface area (Å²) in [7, 11) is 0. The van der Waals surface area contributed by atoms with Gasteiger partial charge in [0.2, 0.25) is 5.78 Å². The van der Waals surface area contributed by atoms with Crippen LogP contribution >= 0.6 is 0 Å². The van der Waals surface area contributed by atoms with Crippen molar-refractivity contribution in [3.05, 3.63) is 47.0 Å². The van der Waals surface area contributed by atoms with Crippen molar-refractivity contribution in [2.24, 2.45) is 0 Å². The molecule has 0 fully saturated rings. The van der Waals surface area contributed by atoms with Gasteiger partial charge < -0.3 is 0 Å². The van der Waals surface area contributed by atoms with Gasteiger partial charge in [-0.15, -0.1) is 0 Å². The van der Waals surface area contributed by atoms with E-state index in [1.807, 2.05) is 26.0 Å². The van der Waals surface area contributed by atoms with Crippen molar-refractivity contribution in [1.82, 2.24) is 0 Å². The highest BCUT2D eigenvalue weighted by Crippen LogP contribution is 2.13. The molecule has 0 aliphatic rings. The molecule has 0 aliphatic carbocycles. The zero-order valence-electron chi connectivity index (χ0n) is 8.95. The number of hydrogen-bond acceptors (Lipinski definition) is 2. The standard InChI is InChI=1S/C13H13NO/c1-3-10(2)12(9-14)13(15)11-7-5-4-6-8-11/h4-8H,3H2,1-2H3/b12-10+. The summed E-state index contributed by atoms with van der Waals surface area (Å²) in [6.07, 6.45) is 0.724. The van der Waals surface area contributed by atoms with E-state index < -0.39 is 0 Å². The van der Waals surface area contributed by atoms with Crippen LogP contribution in [0.2, 0.25) is 0 Å². The van der Waals surface area contributed by atoms with Gasteiger partial charge >= 0.3 is 0 Å². The van der Waals surface area contributed by atoms with Crippen molar-refractivity contribution in [3.8, 4) is 6.07 Å². The predicted molar refractivity (Wildman–Crippen MR) is 59.4 cm³/mol. The van der Waals surface area contributed by atoms with Crippen LogP contribution in [0.4, 0.5) is 0 Å². The summed E-state index contributed by atoms with van der Waals surface area (Å²) in [6.45, 7) is 3.75. The molecule has 0 atom stereocenters. The minimum Gasteiger partial charge on any atom is -0.288 e. The van der Waals surface area contributed by atoms with Gasteiger partial charge in [0, 0.05) is 5.56 Å². The van der Waals surface area contributed by atoms with Gasteiger partial charge in [0.15, 0.2) is 0 Å². The summed E-state index contributed by atoms with van der Waals surface area (Å²) < 4.78 is 0. The lowest BCUT2D eigenvalue weighted by molar-refractivity contribution is 0.103. The third-order valence-electron chi connectivity index (χ3n) is 2.33. The van der Waals surface area contributed by atoms with Crippen molar-refractivity contribution in [2.45, 2.75) is 20.3 Å². The Kier molecular flexibility index (Phi) is 3.82. The average Bonchev–Trinajstić information content (AvgIpc) is 2.30. The molecule has 0 aliphatic heterocycles. The van der Waals surface area contributed by atoms with Crippen LogP contribution < -0.4 is 0 Å². The SMILES string of the molecule is CC/C(C)=C(\C#N)C(=O)c1ccccc1. The molecule has 0 radical (unpaired) electrons. The molecule has 0 heterocycles. The maximum Gasteiger partial charge on any atom is 0.203 e. The average molecular weight is 199 g/mol. The van der Waals surface area contributed by atoms with Crippen LogP contribution in [-0.2, 0) is 0 Å². The van der Waals surface area contributed by atoms with E-state index in [4.69, 9.17) is 5.26 Å². The summed E-state index contributed by atoms with van der Waals surface area (Å²) in [6, 6.07) is 10.9. The van der Waals surface area contributed by atoms with Crippen LogP contribution in [0, 0.1) is 11.3 Å². The Morgan fingerprint density at radius 3 is 2.40 bits per heavy atom. The summed E-state index contributed by atoms with van der Waals surface area (Å²) in [5.41, 5.74) is 1.68. The fourth-order valence-corrected chi connectivity index (χ4v) is 1.25. The number of carbonyl (C=O) groups is 1. The second-order valence-electron chi connectivity index (χ2n) is 3.32. The molecular weight excluding hydrogens is 186 g/mol. The van der Waals surface area contributed by atoms with Gasteiger partial charge in [-0.25, -0.2) is 0 Å². The van der Waals surface area contributed by atoms with Crippen LogP contribution in [-0.4, -0.2) is 5.78 Å². The van der Waals surface area contributed by atoms with Crippen molar-refractivity contribution < 1.29 is 4.79 Å². The molecule has 2 nitrogen and oxygen atoms in total. The number of nitrogens with zero attached hydrogens (tertiary/aromatic N) is 1. The minimum absolute atomic E-state index is 0.183. The number of hydrogen-bond donors (Lipinski definition) is 0. The molecule has 0 aromatic heterocycles. The first-order chi connectivity index (χ1) is 7.20. The molecule has 0 N–H and O–H groups in total. The number of allylic oxidation sites excluding steroid dienone is 2. The van der Waals surface area contributed by atoms with Crippen molar-refractivity contribution in [2.75, 3.05) is 0 Å². The molecule has 0 bridgehead atoms. The molecule has 76 valence electrons. The zero-order valence-corrected chi connectivity index (χ0v) is 8.95. The Balaban J connectivity index is 3.11. The Morgan fingerprint density at radius 1 is 1.33 bits per heavy atom. The fourth-order valence-electron chi connectivity index (χ4n) is 1.25. The van der Waals surface area contributed by atoms with Crippen LogP contribution in [0.15, 0.2) is 41.5 Å². The van der Waals surface area contributed by atoms with E-state index >= 15 is 0 Å². The van der Waals surface area contributed by atoms with Gasteiger partial charge in [0.1, 0.15) is 6.07 Å². The third kappa shape index (κ3) is 2.54. The Labute approximate surface area is 89.9 Å². The first-order valence-corrected chi connectivity index (χ1v) is 4.90. The Bertz CT molecular complexity index is 424. The highest BCUT2D eigenvalue weighted by Gasteiger charge is 2.13. The summed E-state index contributed by atoms with van der Waals surface area (Å²) in [5.74, 6) is -0.183. The molecule has 1 aromatic carbocycles. The lowest BCUT2D eigenvalue weighted by Gasteiger charge is -2.02. The molecule has 2 heteroatoms. The molecule has 1 rings (SSSR count). The van der Waals surface area contributed by atoms with Crippen molar-refractivity contribution >= 4 is 5.78 Å². The number of Topliss-reactive ketones (excluding diaryl/α,β-unsaturated/α-hetero) is 1. The van der Waals surface area contributed by atoms with Crippen molar-refractivity contribution in [3.63, 3.8) is 0 Å². The zero-order chi connectivity index (χ0) is 11.3. The lowest BCUT2D eigenvalue weighted by Crippen LogP contribution is -2.03.